The SMILES string of the molecule is Cc1nn(CCC(=O)Nc2ccccc2C#N)c(C)c1C. The Morgan fingerprint density at radius 2 is 2.05 bits per heavy atom. The van der Waals surface area contributed by atoms with Crippen molar-refractivity contribution in [1.29, 1.82) is 5.26 Å². The minimum absolute atomic E-state index is 0.122. The van der Waals surface area contributed by atoms with Crippen molar-refractivity contribution in [2.24, 2.45) is 0 Å². The molecule has 0 fully saturated rings. The van der Waals surface area contributed by atoms with Crippen LogP contribution in [0.4, 0.5) is 5.69 Å². The van der Waals surface area contributed by atoms with Gasteiger partial charge in [0.1, 0.15) is 6.07 Å². The third kappa shape index (κ3) is 3.29. The second-order valence-electron chi connectivity index (χ2n) is 4.97. The minimum atomic E-state index is -0.122. The topological polar surface area (TPSA) is 70.7 Å². The summed E-state index contributed by atoms with van der Waals surface area (Å²) in [6.07, 6.45) is 0.321. The van der Waals surface area contributed by atoms with Crippen molar-refractivity contribution in [3.05, 3.63) is 46.8 Å². The van der Waals surface area contributed by atoms with E-state index in [2.05, 4.69) is 16.5 Å². The lowest BCUT2D eigenvalue weighted by Gasteiger charge is -2.08. The van der Waals surface area contributed by atoms with Crippen LogP contribution in [0.3, 0.4) is 0 Å². The van der Waals surface area contributed by atoms with Gasteiger partial charge in [-0.05, 0) is 38.5 Å². The van der Waals surface area contributed by atoms with E-state index < -0.39 is 0 Å². The van der Waals surface area contributed by atoms with Crippen LogP contribution in [0.5, 0.6) is 0 Å². The van der Waals surface area contributed by atoms with Crippen LogP contribution in [-0.4, -0.2) is 15.7 Å². The molecule has 2 rings (SSSR count). The number of hydrogen-bond acceptors (Lipinski definition) is 3. The van der Waals surface area contributed by atoms with Gasteiger partial charge in [0, 0.05) is 18.7 Å². The molecule has 0 unspecified atom stereocenters. The molecule has 1 aromatic carbocycles. The molecule has 0 spiro atoms. The van der Waals surface area contributed by atoms with Gasteiger partial charge in [0.05, 0.1) is 16.9 Å². The molecule has 5 heteroatoms. The highest BCUT2D eigenvalue weighted by atomic mass is 16.1. The number of amides is 1. The number of anilines is 1. The first-order valence-electron chi connectivity index (χ1n) is 6.82. The number of hydrogen-bond donors (Lipinski definition) is 1. The van der Waals surface area contributed by atoms with Crippen LogP contribution in [-0.2, 0) is 11.3 Å². The summed E-state index contributed by atoms with van der Waals surface area (Å²) in [5, 5.41) is 16.2. The van der Waals surface area contributed by atoms with Gasteiger partial charge in [-0.15, -0.1) is 0 Å². The number of nitriles is 1. The molecule has 5 nitrogen and oxygen atoms in total. The average Bonchev–Trinajstić information content (AvgIpc) is 2.73. The number of benzene rings is 1. The first-order chi connectivity index (χ1) is 10.0. The van der Waals surface area contributed by atoms with E-state index in [1.165, 1.54) is 0 Å². The fraction of sp³-hybridized carbons (Fsp3) is 0.312. The summed E-state index contributed by atoms with van der Waals surface area (Å²) in [5.74, 6) is -0.122. The molecule has 0 saturated heterocycles. The van der Waals surface area contributed by atoms with E-state index >= 15 is 0 Å². The second kappa shape index (κ2) is 6.23. The van der Waals surface area contributed by atoms with Gasteiger partial charge in [-0.25, -0.2) is 0 Å². The summed E-state index contributed by atoms with van der Waals surface area (Å²) >= 11 is 0. The quantitative estimate of drug-likeness (QED) is 0.937. The molecule has 0 aliphatic heterocycles. The molecule has 0 saturated carbocycles. The molecule has 108 valence electrons. The number of nitrogens with zero attached hydrogens (tertiary/aromatic N) is 3. The Labute approximate surface area is 124 Å². The Morgan fingerprint density at radius 3 is 2.67 bits per heavy atom. The van der Waals surface area contributed by atoms with Crippen LogP contribution >= 0.6 is 0 Å². The minimum Gasteiger partial charge on any atom is -0.325 e. The molecule has 1 N–H and O–H groups in total. The van der Waals surface area contributed by atoms with Crippen molar-refractivity contribution in [3.8, 4) is 6.07 Å². The van der Waals surface area contributed by atoms with E-state index in [0.29, 0.717) is 24.2 Å². The van der Waals surface area contributed by atoms with Gasteiger partial charge < -0.3 is 5.32 Å². The first kappa shape index (κ1) is 14.8. The number of aryl methyl sites for hydroxylation is 2. The summed E-state index contributed by atoms with van der Waals surface area (Å²) in [4.78, 5) is 12.0. The predicted molar refractivity (Wildman–Crippen MR) is 80.8 cm³/mol. The molecule has 0 aliphatic rings. The molecular weight excluding hydrogens is 264 g/mol. The third-order valence-electron chi connectivity index (χ3n) is 3.62. The van der Waals surface area contributed by atoms with Crippen molar-refractivity contribution >= 4 is 11.6 Å². The molecule has 1 amide bonds. The van der Waals surface area contributed by atoms with Crippen LogP contribution in [0.1, 0.15) is 28.9 Å². The van der Waals surface area contributed by atoms with E-state index in [1.54, 1.807) is 24.3 Å². The van der Waals surface area contributed by atoms with Crippen LogP contribution in [0.2, 0.25) is 0 Å². The monoisotopic (exact) mass is 282 g/mol. The maximum absolute atomic E-state index is 12.0. The lowest BCUT2D eigenvalue weighted by Crippen LogP contribution is -2.16. The van der Waals surface area contributed by atoms with Crippen LogP contribution in [0.25, 0.3) is 0 Å². The molecule has 21 heavy (non-hydrogen) atoms. The molecule has 1 aromatic heterocycles. The lowest BCUT2D eigenvalue weighted by molar-refractivity contribution is -0.116. The van der Waals surface area contributed by atoms with Gasteiger partial charge in [-0.1, -0.05) is 12.1 Å². The third-order valence-corrected chi connectivity index (χ3v) is 3.62. The van der Waals surface area contributed by atoms with Crippen molar-refractivity contribution < 1.29 is 4.79 Å². The zero-order valence-electron chi connectivity index (χ0n) is 12.5. The Hall–Kier alpha value is -2.61. The Morgan fingerprint density at radius 1 is 1.33 bits per heavy atom. The first-order valence-corrected chi connectivity index (χ1v) is 6.82. The molecule has 0 aliphatic carbocycles. The predicted octanol–water partition coefficient (Wildman–Crippen LogP) is 2.71. The van der Waals surface area contributed by atoms with E-state index in [-0.39, 0.29) is 5.91 Å². The number of para-hydroxylation sites is 1. The Kier molecular flexibility index (Phi) is 4.39. The lowest BCUT2D eigenvalue weighted by atomic mass is 10.2. The highest BCUT2D eigenvalue weighted by molar-refractivity contribution is 5.92. The molecule has 2 aromatic rings. The fourth-order valence-corrected chi connectivity index (χ4v) is 2.11. The Bertz CT molecular complexity index is 710. The summed E-state index contributed by atoms with van der Waals surface area (Å²) in [6.45, 7) is 6.51. The number of aromatic nitrogens is 2. The van der Waals surface area contributed by atoms with Crippen molar-refractivity contribution in [3.63, 3.8) is 0 Å². The van der Waals surface area contributed by atoms with Crippen LogP contribution in [0.15, 0.2) is 24.3 Å². The largest absolute Gasteiger partial charge is 0.325 e. The fourth-order valence-electron chi connectivity index (χ4n) is 2.11. The van der Waals surface area contributed by atoms with Gasteiger partial charge in [0.2, 0.25) is 5.91 Å². The van der Waals surface area contributed by atoms with Crippen molar-refractivity contribution in [1.82, 2.24) is 9.78 Å². The highest BCUT2D eigenvalue weighted by Gasteiger charge is 2.10. The van der Waals surface area contributed by atoms with Crippen LogP contribution in [0, 0.1) is 32.1 Å². The van der Waals surface area contributed by atoms with E-state index in [1.807, 2.05) is 25.5 Å². The van der Waals surface area contributed by atoms with Gasteiger partial charge in [0.25, 0.3) is 0 Å². The van der Waals surface area contributed by atoms with Crippen LogP contribution < -0.4 is 5.32 Å². The smallest absolute Gasteiger partial charge is 0.226 e. The summed E-state index contributed by atoms with van der Waals surface area (Å²) in [7, 11) is 0. The molecule has 0 atom stereocenters. The standard InChI is InChI=1S/C16H18N4O/c1-11-12(2)19-20(13(11)3)9-8-16(21)18-15-7-5-4-6-14(15)10-17/h4-7H,8-9H2,1-3H3,(H,18,21). The Balaban J connectivity index is 1.99. The van der Waals surface area contributed by atoms with Gasteiger partial charge in [0.15, 0.2) is 0 Å². The highest BCUT2D eigenvalue weighted by Crippen LogP contribution is 2.15. The zero-order chi connectivity index (χ0) is 15.4. The van der Waals surface area contributed by atoms with Gasteiger partial charge >= 0.3 is 0 Å². The molecule has 1 heterocycles. The summed E-state index contributed by atoms with van der Waals surface area (Å²) in [6, 6.07) is 9.03. The molecular formula is C16H18N4O. The van der Waals surface area contributed by atoms with E-state index in [4.69, 9.17) is 5.26 Å². The molecule has 0 radical (unpaired) electrons. The van der Waals surface area contributed by atoms with E-state index in [0.717, 1.165) is 17.0 Å². The zero-order valence-corrected chi connectivity index (χ0v) is 12.5. The number of nitrogens with one attached hydrogen (secondary N) is 1. The van der Waals surface area contributed by atoms with Gasteiger partial charge in [-0.3, -0.25) is 9.48 Å². The maximum atomic E-state index is 12.0. The summed E-state index contributed by atoms with van der Waals surface area (Å²) in [5.41, 5.74) is 4.24. The van der Waals surface area contributed by atoms with Crippen molar-refractivity contribution in [2.45, 2.75) is 33.7 Å². The maximum Gasteiger partial charge on any atom is 0.226 e. The van der Waals surface area contributed by atoms with Crippen molar-refractivity contribution in [2.75, 3.05) is 5.32 Å². The van der Waals surface area contributed by atoms with Gasteiger partial charge in [-0.2, -0.15) is 10.4 Å². The number of carbonyl (C=O) groups excluding carboxylic acids is 1. The average molecular weight is 282 g/mol. The normalized spacial score (nSPS) is 10.2. The molecule has 0 bridgehead atoms. The van der Waals surface area contributed by atoms with E-state index in [9.17, 15) is 4.79 Å². The number of rotatable bonds is 4. The second-order valence-corrected chi connectivity index (χ2v) is 4.97. The number of carbonyl (C=O) groups is 1. The summed E-state index contributed by atoms with van der Waals surface area (Å²) < 4.78 is 1.85.